The predicted octanol–water partition coefficient (Wildman–Crippen LogP) is 4.76. The van der Waals surface area contributed by atoms with Crippen LogP contribution < -0.4 is 4.74 Å². The molecule has 0 fully saturated rings. The zero-order valence-electron chi connectivity index (χ0n) is 13.6. The summed E-state index contributed by atoms with van der Waals surface area (Å²) < 4.78 is 22.0. The molecule has 0 aliphatic heterocycles. The van der Waals surface area contributed by atoms with Gasteiger partial charge in [-0.3, -0.25) is 4.40 Å². The van der Waals surface area contributed by atoms with E-state index in [-0.39, 0.29) is 0 Å². The van der Waals surface area contributed by atoms with Crippen LogP contribution in [0.15, 0.2) is 42.6 Å². The molecule has 9 heteroatoms. The second kappa shape index (κ2) is 7.08. The molecule has 2 aromatic heterocycles. The summed E-state index contributed by atoms with van der Waals surface area (Å²) in [6.45, 7) is 1.88. The van der Waals surface area contributed by atoms with Crippen LogP contribution in [0, 0.1) is 6.92 Å². The van der Waals surface area contributed by atoms with E-state index in [0.717, 1.165) is 28.1 Å². The molecule has 1 aromatic carbocycles. The number of pyridine rings is 1. The lowest BCUT2D eigenvalue weighted by Gasteiger charge is -2.20. The van der Waals surface area contributed by atoms with E-state index < -0.39 is 9.98 Å². The minimum absolute atomic E-state index is 0.343. The van der Waals surface area contributed by atoms with Gasteiger partial charge in [-0.05, 0) is 36.2 Å². The van der Waals surface area contributed by atoms with Gasteiger partial charge in [-0.1, -0.05) is 64.4 Å². The molecular weight excluding hydrogens is 410 g/mol. The van der Waals surface area contributed by atoms with Crippen molar-refractivity contribution >= 4 is 51.7 Å². The number of rotatable bonds is 4. The average molecular weight is 430 g/mol. The second-order valence-corrected chi connectivity index (χ2v) is 13.0. The molecule has 2 heterocycles. The minimum Gasteiger partial charge on any atom is -0.476 e. The van der Waals surface area contributed by atoms with E-state index in [1.165, 1.54) is 0 Å². The van der Waals surface area contributed by atoms with E-state index in [4.69, 9.17) is 4.74 Å². The number of aromatic nitrogens is 2. The van der Waals surface area contributed by atoms with Gasteiger partial charge in [0.15, 0.2) is 11.0 Å². The third-order valence-corrected chi connectivity index (χ3v) is 4.52. The maximum Gasteiger partial charge on any atom is 0.192 e. The number of hydrogen-bond donors (Lipinski definition) is 0. The molecule has 0 amide bonds. The molecule has 3 nitrogen and oxygen atoms in total. The van der Waals surface area contributed by atoms with Gasteiger partial charge in [0.1, 0.15) is 10.6 Å². The van der Waals surface area contributed by atoms with Crippen LogP contribution in [0.5, 0.6) is 5.75 Å². The van der Waals surface area contributed by atoms with Crippen molar-refractivity contribution in [1.82, 2.24) is 9.38 Å². The van der Waals surface area contributed by atoms with Crippen LogP contribution in [0.25, 0.3) is 16.6 Å². The normalized spacial score (nSPS) is 12.6. The van der Waals surface area contributed by atoms with E-state index in [1.54, 1.807) is 4.40 Å². The zero-order chi connectivity index (χ0) is 18.4. The van der Waals surface area contributed by atoms with Crippen LogP contribution in [-0.4, -0.2) is 14.2 Å². The Morgan fingerprint density at radius 2 is 1.56 bits per heavy atom. The Morgan fingerprint density at radius 1 is 0.960 bits per heavy atom. The molecule has 0 aliphatic rings. The number of hydrogen-bond acceptors (Lipinski definition) is 2. The number of aryl methyl sites for hydroxylation is 1. The topological polar surface area (TPSA) is 26.5 Å². The van der Waals surface area contributed by atoms with Gasteiger partial charge in [0.2, 0.25) is 0 Å². The molecule has 0 bridgehead atoms. The first kappa shape index (κ1) is 19.5. The fraction of sp³-hybridized carbons (Fsp3) is 0.188. The number of benzene rings is 1. The molecule has 0 aliphatic carbocycles. The van der Waals surface area contributed by atoms with Gasteiger partial charge >= 0.3 is 0 Å². The van der Waals surface area contributed by atoms with Gasteiger partial charge in [0.25, 0.3) is 0 Å². The van der Waals surface area contributed by atoms with Crippen molar-refractivity contribution in [2.24, 2.45) is 0 Å². The molecule has 25 heavy (non-hydrogen) atoms. The van der Waals surface area contributed by atoms with Gasteiger partial charge < -0.3 is 4.74 Å². The van der Waals surface area contributed by atoms with E-state index in [1.807, 2.05) is 49.5 Å². The Kier molecular flexibility index (Phi) is 5.53. The van der Waals surface area contributed by atoms with Crippen LogP contribution in [0.4, 0.5) is 4.39 Å². The Morgan fingerprint density at radius 3 is 2.12 bits per heavy atom. The smallest absolute Gasteiger partial charge is 0.192 e. The average Bonchev–Trinajstić information content (AvgIpc) is 2.83. The van der Waals surface area contributed by atoms with Crippen molar-refractivity contribution in [3.05, 3.63) is 54.1 Å². The summed E-state index contributed by atoms with van der Waals surface area (Å²) in [5.74, 6) is 1.11. The fourth-order valence-corrected chi connectivity index (χ4v) is 3.42. The number of ether oxygens (including phenoxy) is 1. The number of nitrogens with zero attached hydrogens (tertiary/aromatic N) is 2. The summed E-state index contributed by atoms with van der Waals surface area (Å²) in [4.78, 5) is 3.89. The molecule has 0 saturated carbocycles. The molecule has 132 valence electrons. The highest BCUT2D eigenvalue weighted by Gasteiger charge is 2.26. The molecule has 3 rings (SSSR count). The highest BCUT2D eigenvalue weighted by molar-refractivity contribution is 7.56. The van der Waals surface area contributed by atoms with E-state index >= 15 is 0 Å². The number of imidazole rings is 1. The fourth-order valence-electron chi connectivity index (χ4n) is 2.60. The summed E-state index contributed by atoms with van der Waals surface area (Å²) in [6, 6.07) is 11.8. The Labute approximate surface area is 158 Å². The van der Waals surface area contributed by atoms with Gasteiger partial charge in [-0.15, -0.1) is 0 Å². The minimum atomic E-state index is -1.67. The van der Waals surface area contributed by atoms with Crippen LogP contribution in [0.1, 0.15) is 11.5 Å². The standard InChI is InChI=1S/C16H20FN2OP5/c1-9-13-7-4-11(8-19(13)14(18-9)15(17,21)22)10-2-5-12(6-3-10)20-16(23,24)25/h2-8H,21-25H2,1H3. The SMILES string of the molecule is Cc1nc(C(F)(P)P)n2cc(-c3ccc(OC(P)(P)P)cc3)ccc12. The summed E-state index contributed by atoms with van der Waals surface area (Å²) >= 11 is 0. The first-order valence-electron chi connectivity index (χ1n) is 7.46. The van der Waals surface area contributed by atoms with Crippen LogP contribution >= 0.6 is 46.2 Å². The lowest BCUT2D eigenvalue weighted by atomic mass is 10.1. The first-order valence-corrected chi connectivity index (χ1v) is 10.4. The highest BCUT2D eigenvalue weighted by atomic mass is 31.1. The zero-order valence-corrected chi connectivity index (χ0v) is 19.4. The summed E-state index contributed by atoms with van der Waals surface area (Å²) in [5, 5.41) is -1.67. The maximum absolute atomic E-state index is 14.4. The van der Waals surface area contributed by atoms with Crippen molar-refractivity contribution in [1.29, 1.82) is 0 Å². The van der Waals surface area contributed by atoms with Crippen molar-refractivity contribution in [3.8, 4) is 16.9 Å². The molecule has 5 unspecified atom stereocenters. The molecule has 3 aromatic rings. The molecule has 0 N–H and O–H groups in total. The van der Waals surface area contributed by atoms with E-state index in [0.29, 0.717) is 5.82 Å². The monoisotopic (exact) mass is 430 g/mol. The van der Waals surface area contributed by atoms with Gasteiger partial charge in [-0.25, -0.2) is 9.37 Å². The van der Waals surface area contributed by atoms with Crippen LogP contribution in [-0.2, 0) is 5.15 Å². The number of halogens is 1. The third kappa shape index (κ3) is 4.56. The van der Waals surface area contributed by atoms with Crippen molar-refractivity contribution in [2.75, 3.05) is 0 Å². The quantitative estimate of drug-likeness (QED) is 0.559. The third-order valence-electron chi connectivity index (χ3n) is 3.65. The van der Waals surface area contributed by atoms with Gasteiger partial charge in [0.05, 0.1) is 11.2 Å². The Balaban J connectivity index is 2.02. The second-order valence-electron chi connectivity index (χ2n) is 5.94. The van der Waals surface area contributed by atoms with Crippen molar-refractivity contribution in [2.45, 2.75) is 16.9 Å². The van der Waals surface area contributed by atoms with E-state index in [2.05, 4.69) is 51.2 Å². The first-order chi connectivity index (χ1) is 11.5. The Hall–Kier alpha value is -0.210. The molecule has 0 saturated heterocycles. The van der Waals surface area contributed by atoms with E-state index in [9.17, 15) is 4.39 Å². The molecule has 5 atom stereocenters. The van der Waals surface area contributed by atoms with Crippen LogP contribution in [0.3, 0.4) is 0 Å². The summed E-state index contributed by atoms with van der Waals surface area (Å²) in [5.41, 5.74) is 3.69. The highest BCUT2D eigenvalue weighted by Crippen LogP contribution is 2.40. The van der Waals surface area contributed by atoms with Crippen molar-refractivity contribution in [3.63, 3.8) is 0 Å². The van der Waals surface area contributed by atoms with Gasteiger partial charge in [0, 0.05) is 6.20 Å². The Bertz CT molecular complexity index is 913. The number of fused-ring (bicyclic) bond motifs is 1. The molecule has 0 spiro atoms. The van der Waals surface area contributed by atoms with Crippen molar-refractivity contribution < 1.29 is 9.13 Å². The largest absolute Gasteiger partial charge is 0.476 e. The van der Waals surface area contributed by atoms with Crippen LogP contribution in [0.2, 0.25) is 0 Å². The lowest BCUT2D eigenvalue weighted by Crippen LogP contribution is -2.09. The molecular formula is C16H20FN2OP5. The number of alkyl halides is 1. The molecule has 0 radical (unpaired) electrons. The maximum atomic E-state index is 14.4. The summed E-state index contributed by atoms with van der Waals surface area (Å²) in [7, 11) is 12.1. The predicted molar refractivity (Wildman–Crippen MR) is 120 cm³/mol. The lowest BCUT2D eigenvalue weighted by molar-refractivity contribution is 0.337. The summed E-state index contributed by atoms with van der Waals surface area (Å²) in [6.07, 6.45) is 1.91. The van der Waals surface area contributed by atoms with Gasteiger partial charge in [-0.2, -0.15) is 0 Å².